The monoisotopic (exact) mass is 420 g/mol. The molecule has 1 amide bonds. The van der Waals surface area contributed by atoms with Crippen LogP contribution in [-0.2, 0) is 12.8 Å². The number of benzene rings is 2. The molecule has 1 aromatic heterocycles. The Morgan fingerprint density at radius 1 is 1.07 bits per heavy atom. The maximum atomic E-state index is 12.5. The highest BCUT2D eigenvalue weighted by atomic mass is 35.5. The fourth-order valence-corrected chi connectivity index (χ4v) is 3.39. The molecule has 0 bridgehead atoms. The third kappa shape index (κ3) is 6.01. The Hall–Kier alpha value is -2.98. The number of nitrogens with zero attached hydrogens (tertiary/aromatic N) is 1. The van der Waals surface area contributed by atoms with E-state index >= 15 is 0 Å². The minimum absolute atomic E-state index is 0.266. The maximum Gasteiger partial charge on any atom is 0.256 e. The Morgan fingerprint density at radius 2 is 1.83 bits per heavy atom. The normalized spacial score (nSPS) is 10.8. The molecule has 0 aliphatic heterocycles. The van der Waals surface area contributed by atoms with Crippen molar-refractivity contribution in [3.8, 4) is 0 Å². The van der Waals surface area contributed by atoms with Crippen molar-refractivity contribution >= 4 is 29.6 Å². The SMILES string of the molecule is CC(C)CCc1ccc(Cl)cc1Cc1cccc(NC(=O)c2ccc(C=O)cc2)n1. The van der Waals surface area contributed by atoms with Crippen LogP contribution in [-0.4, -0.2) is 17.2 Å². The molecule has 3 aromatic rings. The quantitative estimate of drug-likeness (QED) is 0.456. The first-order chi connectivity index (χ1) is 14.4. The van der Waals surface area contributed by atoms with E-state index in [1.165, 1.54) is 5.56 Å². The highest BCUT2D eigenvalue weighted by Gasteiger charge is 2.10. The zero-order valence-corrected chi connectivity index (χ0v) is 17.9. The number of nitrogens with one attached hydrogen (secondary N) is 1. The molecule has 0 aliphatic carbocycles. The lowest BCUT2D eigenvalue weighted by atomic mass is 9.96. The van der Waals surface area contributed by atoms with Gasteiger partial charge in [0.05, 0.1) is 0 Å². The van der Waals surface area contributed by atoms with Crippen molar-refractivity contribution in [2.24, 2.45) is 5.92 Å². The molecule has 0 spiro atoms. The largest absolute Gasteiger partial charge is 0.307 e. The van der Waals surface area contributed by atoms with Crippen LogP contribution in [0.5, 0.6) is 0 Å². The number of aryl methyl sites for hydroxylation is 1. The Balaban J connectivity index is 1.74. The van der Waals surface area contributed by atoms with E-state index in [1.54, 1.807) is 30.3 Å². The van der Waals surface area contributed by atoms with Crippen LogP contribution >= 0.6 is 11.6 Å². The van der Waals surface area contributed by atoms with Gasteiger partial charge in [0.25, 0.3) is 5.91 Å². The second-order valence-corrected chi connectivity index (χ2v) is 8.17. The molecule has 0 aliphatic rings. The van der Waals surface area contributed by atoms with Gasteiger partial charge in [-0.05, 0) is 66.3 Å². The van der Waals surface area contributed by atoms with Gasteiger partial charge in [-0.1, -0.05) is 49.7 Å². The molecular weight excluding hydrogens is 396 g/mol. The van der Waals surface area contributed by atoms with Crippen LogP contribution in [0.2, 0.25) is 5.02 Å². The van der Waals surface area contributed by atoms with Gasteiger partial charge in [-0.25, -0.2) is 4.98 Å². The third-order valence-corrected chi connectivity index (χ3v) is 5.12. The molecule has 0 unspecified atom stereocenters. The smallest absolute Gasteiger partial charge is 0.256 e. The summed E-state index contributed by atoms with van der Waals surface area (Å²) in [4.78, 5) is 27.8. The average molecular weight is 421 g/mol. The summed E-state index contributed by atoms with van der Waals surface area (Å²) < 4.78 is 0. The van der Waals surface area contributed by atoms with E-state index in [0.29, 0.717) is 34.3 Å². The highest BCUT2D eigenvalue weighted by Crippen LogP contribution is 2.22. The molecule has 2 aromatic carbocycles. The van der Waals surface area contributed by atoms with E-state index in [1.807, 2.05) is 24.3 Å². The Morgan fingerprint density at radius 3 is 2.53 bits per heavy atom. The van der Waals surface area contributed by atoms with Crippen molar-refractivity contribution in [3.05, 3.63) is 93.6 Å². The van der Waals surface area contributed by atoms with E-state index in [4.69, 9.17) is 11.6 Å². The minimum Gasteiger partial charge on any atom is -0.307 e. The van der Waals surface area contributed by atoms with Gasteiger partial charge in [0.15, 0.2) is 0 Å². The van der Waals surface area contributed by atoms with Gasteiger partial charge in [-0.2, -0.15) is 0 Å². The second-order valence-electron chi connectivity index (χ2n) is 7.73. The molecular formula is C25H25ClN2O2. The number of carbonyl (C=O) groups is 2. The summed E-state index contributed by atoms with van der Waals surface area (Å²) in [6.07, 6.45) is 3.50. The summed E-state index contributed by atoms with van der Waals surface area (Å²) in [7, 11) is 0. The first kappa shape index (κ1) is 21.7. The number of aromatic nitrogens is 1. The molecule has 154 valence electrons. The zero-order valence-electron chi connectivity index (χ0n) is 17.2. The van der Waals surface area contributed by atoms with E-state index in [2.05, 4.69) is 30.2 Å². The molecule has 4 nitrogen and oxygen atoms in total. The van der Waals surface area contributed by atoms with Gasteiger partial charge in [-0.3, -0.25) is 9.59 Å². The van der Waals surface area contributed by atoms with E-state index in [-0.39, 0.29) is 5.91 Å². The molecule has 0 saturated carbocycles. The van der Waals surface area contributed by atoms with Crippen molar-refractivity contribution in [2.45, 2.75) is 33.1 Å². The van der Waals surface area contributed by atoms with Gasteiger partial charge in [-0.15, -0.1) is 0 Å². The number of hydrogen-bond acceptors (Lipinski definition) is 3. The summed E-state index contributed by atoms with van der Waals surface area (Å²) in [5.74, 6) is 0.853. The summed E-state index contributed by atoms with van der Waals surface area (Å²) in [6, 6.07) is 18.1. The van der Waals surface area contributed by atoms with Crippen LogP contribution in [0.25, 0.3) is 0 Å². The molecule has 0 fully saturated rings. The van der Waals surface area contributed by atoms with Crippen LogP contribution in [0.3, 0.4) is 0 Å². The number of aldehydes is 1. The molecule has 1 N–H and O–H groups in total. The number of carbonyl (C=O) groups excluding carboxylic acids is 2. The Labute approximate surface area is 182 Å². The standard InChI is InChI=1S/C25H25ClN2O2/c1-17(2)6-9-19-12-13-22(26)14-21(19)15-23-4-3-5-24(27-23)28-25(30)20-10-7-18(16-29)8-11-20/h3-5,7-8,10-14,16-17H,6,9,15H2,1-2H3,(H,27,28,30). The minimum atomic E-state index is -0.266. The zero-order chi connectivity index (χ0) is 21.5. The van der Waals surface area contributed by atoms with Crippen LogP contribution in [0.4, 0.5) is 5.82 Å². The van der Waals surface area contributed by atoms with E-state index in [0.717, 1.165) is 30.4 Å². The van der Waals surface area contributed by atoms with Crippen LogP contribution < -0.4 is 5.32 Å². The topological polar surface area (TPSA) is 59.1 Å². The molecule has 5 heteroatoms. The fraction of sp³-hybridized carbons (Fsp3) is 0.240. The van der Waals surface area contributed by atoms with Crippen LogP contribution in [0, 0.1) is 5.92 Å². The summed E-state index contributed by atoms with van der Waals surface area (Å²) in [5, 5.41) is 3.53. The predicted octanol–water partition coefficient (Wildman–Crippen LogP) is 5.98. The number of hydrogen-bond donors (Lipinski definition) is 1. The van der Waals surface area contributed by atoms with E-state index in [9.17, 15) is 9.59 Å². The number of halogens is 1. The second kappa shape index (κ2) is 10.2. The van der Waals surface area contributed by atoms with Gasteiger partial charge in [0.1, 0.15) is 12.1 Å². The molecule has 0 saturated heterocycles. The third-order valence-electron chi connectivity index (χ3n) is 4.89. The van der Waals surface area contributed by atoms with Gasteiger partial charge < -0.3 is 5.32 Å². The molecule has 3 rings (SSSR count). The summed E-state index contributed by atoms with van der Waals surface area (Å²) >= 11 is 6.24. The van der Waals surface area contributed by atoms with Crippen molar-refractivity contribution in [3.63, 3.8) is 0 Å². The van der Waals surface area contributed by atoms with Crippen molar-refractivity contribution in [1.29, 1.82) is 0 Å². The number of pyridine rings is 1. The Kier molecular flexibility index (Phi) is 7.36. The number of amides is 1. The number of rotatable bonds is 8. The van der Waals surface area contributed by atoms with Crippen molar-refractivity contribution < 1.29 is 9.59 Å². The molecule has 30 heavy (non-hydrogen) atoms. The first-order valence-electron chi connectivity index (χ1n) is 10.0. The fourth-order valence-electron chi connectivity index (χ4n) is 3.19. The maximum absolute atomic E-state index is 12.5. The average Bonchev–Trinajstić information content (AvgIpc) is 2.73. The number of anilines is 1. The van der Waals surface area contributed by atoms with Gasteiger partial charge in [0, 0.05) is 28.3 Å². The van der Waals surface area contributed by atoms with Crippen LogP contribution in [0.1, 0.15) is 57.8 Å². The van der Waals surface area contributed by atoms with Gasteiger partial charge in [0.2, 0.25) is 0 Å². The predicted molar refractivity (Wildman–Crippen MR) is 121 cm³/mol. The molecule has 0 atom stereocenters. The van der Waals surface area contributed by atoms with Crippen molar-refractivity contribution in [1.82, 2.24) is 4.98 Å². The molecule has 0 radical (unpaired) electrons. The van der Waals surface area contributed by atoms with Crippen molar-refractivity contribution in [2.75, 3.05) is 5.32 Å². The molecule has 1 heterocycles. The lowest BCUT2D eigenvalue weighted by Gasteiger charge is -2.12. The van der Waals surface area contributed by atoms with E-state index < -0.39 is 0 Å². The van der Waals surface area contributed by atoms with Crippen LogP contribution in [0.15, 0.2) is 60.7 Å². The first-order valence-corrected chi connectivity index (χ1v) is 10.4. The lowest BCUT2D eigenvalue weighted by Crippen LogP contribution is -2.13. The Bertz CT molecular complexity index is 1030. The lowest BCUT2D eigenvalue weighted by molar-refractivity contribution is 0.102. The van der Waals surface area contributed by atoms with Gasteiger partial charge >= 0.3 is 0 Å². The highest BCUT2D eigenvalue weighted by molar-refractivity contribution is 6.30. The summed E-state index contributed by atoms with van der Waals surface area (Å²) in [5.41, 5.74) is 4.29. The summed E-state index contributed by atoms with van der Waals surface area (Å²) in [6.45, 7) is 4.44.